The van der Waals surface area contributed by atoms with Crippen LogP contribution in [0.25, 0.3) is 11.2 Å². The summed E-state index contributed by atoms with van der Waals surface area (Å²) in [6.45, 7) is 4.16. The number of amides is 1. The number of rotatable bonds is 6. The Kier molecular flexibility index (Phi) is 6.52. The zero-order valence-electron chi connectivity index (χ0n) is 17.6. The topological polar surface area (TPSA) is 138 Å². The second-order valence-corrected chi connectivity index (χ2v) is 9.71. The summed E-state index contributed by atoms with van der Waals surface area (Å²) in [5.74, 6) is -1.04. The van der Waals surface area contributed by atoms with E-state index in [-0.39, 0.29) is 23.9 Å². The lowest BCUT2D eigenvalue weighted by atomic mass is 10.0. The van der Waals surface area contributed by atoms with Crippen LogP contribution in [0.4, 0.5) is 0 Å². The number of hydrogen-bond donors (Lipinski definition) is 4. The third kappa shape index (κ3) is 4.25. The van der Waals surface area contributed by atoms with Crippen LogP contribution in [-0.2, 0) is 11.2 Å². The molecule has 4 N–H and O–H groups in total. The standard InChI is InChI=1S/C20H25ClN6O4S/c1-3-22-20(30)12-7-13(17(29)16(12)28)26-8-23-15-18(26)24-9-27(31)19(15)25-10(2)6-11-4-5-14(21)32-11/h4-5,8-10,12-13,16-17,28-29,31H,3,6-7H2,1-2H3,(H,22,30)/t10?,12-,13+,16+,17-/m0/s1. The molecule has 10 nitrogen and oxygen atoms in total. The molecule has 1 aliphatic carbocycles. The van der Waals surface area contributed by atoms with Gasteiger partial charge in [0, 0.05) is 17.8 Å². The van der Waals surface area contributed by atoms with Gasteiger partial charge in [0.2, 0.25) is 5.91 Å². The number of nitrogens with one attached hydrogen (secondary N) is 1. The quantitative estimate of drug-likeness (QED) is 0.390. The van der Waals surface area contributed by atoms with Gasteiger partial charge in [-0.05, 0) is 32.4 Å². The number of halogens is 1. The maximum Gasteiger partial charge on any atom is 0.225 e. The molecule has 12 heteroatoms. The highest BCUT2D eigenvalue weighted by molar-refractivity contribution is 7.16. The Bertz CT molecular complexity index is 1190. The van der Waals surface area contributed by atoms with Gasteiger partial charge < -0.3 is 25.3 Å². The van der Waals surface area contributed by atoms with Gasteiger partial charge in [-0.3, -0.25) is 9.79 Å². The van der Waals surface area contributed by atoms with E-state index in [0.717, 1.165) is 9.61 Å². The molecule has 1 fully saturated rings. The van der Waals surface area contributed by atoms with Gasteiger partial charge in [0.15, 0.2) is 16.7 Å². The van der Waals surface area contributed by atoms with Crippen LogP contribution in [0.2, 0.25) is 4.34 Å². The molecule has 172 valence electrons. The zero-order chi connectivity index (χ0) is 23.0. The molecule has 0 aliphatic heterocycles. The van der Waals surface area contributed by atoms with Crippen LogP contribution >= 0.6 is 22.9 Å². The van der Waals surface area contributed by atoms with Gasteiger partial charge in [-0.2, -0.15) is 4.73 Å². The summed E-state index contributed by atoms with van der Waals surface area (Å²) in [7, 11) is 0. The number of hydrogen-bond acceptors (Lipinski definition) is 8. The number of carbonyl (C=O) groups is 1. The molecule has 1 saturated carbocycles. The van der Waals surface area contributed by atoms with Crippen LogP contribution in [0.3, 0.4) is 0 Å². The second-order valence-electron chi connectivity index (χ2n) is 7.91. The number of carbonyl (C=O) groups excluding carboxylic acids is 1. The fourth-order valence-electron chi connectivity index (χ4n) is 4.13. The molecule has 3 heterocycles. The molecule has 32 heavy (non-hydrogen) atoms. The molecule has 0 bridgehead atoms. The van der Waals surface area contributed by atoms with Crippen molar-refractivity contribution in [3.05, 3.63) is 39.5 Å². The third-order valence-corrected chi connectivity index (χ3v) is 6.90. The molecular formula is C20H25ClN6O4S. The monoisotopic (exact) mass is 480 g/mol. The number of nitrogens with zero attached hydrogens (tertiary/aromatic N) is 5. The number of thiophene rings is 1. The van der Waals surface area contributed by atoms with Crippen molar-refractivity contribution in [3.63, 3.8) is 0 Å². The van der Waals surface area contributed by atoms with Crippen molar-refractivity contribution in [2.45, 2.75) is 51.0 Å². The lowest BCUT2D eigenvalue weighted by Gasteiger charge is -2.18. The van der Waals surface area contributed by atoms with Crippen molar-refractivity contribution >= 4 is 40.0 Å². The van der Waals surface area contributed by atoms with E-state index in [1.54, 1.807) is 11.5 Å². The highest BCUT2D eigenvalue weighted by atomic mass is 35.5. The largest absolute Gasteiger partial charge is 0.425 e. The molecule has 0 radical (unpaired) electrons. The predicted octanol–water partition coefficient (Wildman–Crippen LogP) is 1.14. The summed E-state index contributed by atoms with van der Waals surface area (Å²) in [6, 6.07) is 3.02. The van der Waals surface area contributed by atoms with E-state index < -0.39 is 24.2 Å². The van der Waals surface area contributed by atoms with E-state index >= 15 is 0 Å². The molecule has 5 atom stereocenters. The van der Waals surface area contributed by atoms with Crippen LogP contribution in [0.15, 0.2) is 29.8 Å². The van der Waals surface area contributed by atoms with Gasteiger partial charge in [0.05, 0.1) is 34.8 Å². The summed E-state index contributed by atoms with van der Waals surface area (Å²) >= 11 is 7.48. The summed E-state index contributed by atoms with van der Waals surface area (Å²) in [4.78, 5) is 26.6. The average Bonchev–Trinajstić information content (AvgIpc) is 3.43. The van der Waals surface area contributed by atoms with Crippen molar-refractivity contribution in [3.8, 4) is 0 Å². The highest BCUT2D eigenvalue weighted by Gasteiger charge is 2.46. The lowest BCUT2D eigenvalue weighted by Crippen LogP contribution is -2.38. The summed E-state index contributed by atoms with van der Waals surface area (Å²) in [5.41, 5.74) is 0.986. The second kappa shape index (κ2) is 9.18. The molecule has 4 rings (SSSR count). The van der Waals surface area contributed by atoms with Crippen LogP contribution in [-0.4, -0.2) is 65.4 Å². The van der Waals surface area contributed by atoms with Crippen molar-refractivity contribution in [1.29, 1.82) is 0 Å². The fraction of sp³-hybridized carbons (Fsp3) is 0.500. The van der Waals surface area contributed by atoms with E-state index in [1.165, 1.54) is 24.0 Å². The van der Waals surface area contributed by atoms with E-state index in [1.807, 2.05) is 19.1 Å². The van der Waals surface area contributed by atoms with Gasteiger partial charge in [-0.25, -0.2) is 9.97 Å². The van der Waals surface area contributed by atoms with Crippen LogP contribution in [0.5, 0.6) is 0 Å². The van der Waals surface area contributed by atoms with Crippen LogP contribution in [0.1, 0.15) is 31.2 Å². The molecule has 0 spiro atoms. The molecule has 1 aliphatic rings. The highest BCUT2D eigenvalue weighted by Crippen LogP contribution is 2.36. The van der Waals surface area contributed by atoms with E-state index in [0.29, 0.717) is 28.5 Å². The molecule has 1 unspecified atom stereocenters. The number of aliphatic hydroxyl groups is 2. The van der Waals surface area contributed by atoms with Gasteiger partial charge in [0.25, 0.3) is 0 Å². The lowest BCUT2D eigenvalue weighted by molar-refractivity contribution is -0.128. The minimum atomic E-state index is -1.20. The Morgan fingerprint density at radius 2 is 2.12 bits per heavy atom. The van der Waals surface area contributed by atoms with Gasteiger partial charge >= 0.3 is 0 Å². The van der Waals surface area contributed by atoms with Gasteiger partial charge in [0.1, 0.15) is 12.4 Å². The van der Waals surface area contributed by atoms with E-state index in [2.05, 4.69) is 20.3 Å². The first-order valence-electron chi connectivity index (χ1n) is 10.4. The first kappa shape index (κ1) is 22.7. The molecule has 3 aromatic rings. The Hall–Kier alpha value is -2.47. The number of aliphatic hydroxyl groups excluding tert-OH is 2. The van der Waals surface area contributed by atoms with Crippen LogP contribution in [0, 0.1) is 5.92 Å². The smallest absolute Gasteiger partial charge is 0.225 e. The Labute approximate surface area is 192 Å². The Balaban J connectivity index is 1.67. The minimum Gasteiger partial charge on any atom is -0.425 e. The van der Waals surface area contributed by atoms with Gasteiger partial charge in [-0.15, -0.1) is 11.3 Å². The Morgan fingerprint density at radius 1 is 1.34 bits per heavy atom. The minimum absolute atomic E-state index is 0.167. The number of fused-ring (bicyclic) bond motifs is 1. The fourth-order valence-corrected chi connectivity index (χ4v) is 5.34. The average molecular weight is 481 g/mol. The van der Waals surface area contributed by atoms with Crippen molar-refractivity contribution in [2.75, 3.05) is 6.54 Å². The number of imidazole rings is 1. The molecule has 0 aromatic carbocycles. The maximum absolute atomic E-state index is 12.3. The third-order valence-electron chi connectivity index (χ3n) is 5.65. The maximum atomic E-state index is 12.3. The van der Waals surface area contributed by atoms with Crippen molar-refractivity contribution in [1.82, 2.24) is 24.6 Å². The van der Waals surface area contributed by atoms with E-state index in [9.17, 15) is 20.2 Å². The van der Waals surface area contributed by atoms with E-state index in [4.69, 9.17) is 11.6 Å². The zero-order valence-corrected chi connectivity index (χ0v) is 19.2. The SMILES string of the molecule is CCNC(=O)[C@H]1C[C@@H](n2cnc3c(=NC(C)Cc4ccc(Cl)s4)n(O)cnc32)[C@H](O)[C@@H]1O. The van der Waals surface area contributed by atoms with Gasteiger partial charge in [-0.1, -0.05) is 11.6 Å². The first-order valence-corrected chi connectivity index (χ1v) is 11.5. The Morgan fingerprint density at radius 3 is 2.81 bits per heavy atom. The van der Waals surface area contributed by atoms with Crippen LogP contribution < -0.4 is 10.8 Å². The van der Waals surface area contributed by atoms with Crippen molar-refractivity contribution < 1.29 is 20.2 Å². The number of aromatic nitrogens is 4. The first-order chi connectivity index (χ1) is 15.3. The molecule has 1 amide bonds. The normalized spacial score (nSPS) is 24.8. The molecule has 0 saturated heterocycles. The summed E-state index contributed by atoms with van der Waals surface area (Å²) in [5, 5.41) is 34.0. The van der Waals surface area contributed by atoms with Crippen molar-refractivity contribution in [2.24, 2.45) is 10.9 Å². The predicted molar refractivity (Wildman–Crippen MR) is 119 cm³/mol. The summed E-state index contributed by atoms with van der Waals surface area (Å²) < 4.78 is 3.15. The summed E-state index contributed by atoms with van der Waals surface area (Å²) in [6.07, 6.45) is 1.22. The molecular weight excluding hydrogens is 456 g/mol. The molecule has 3 aromatic heterocycles.